The van der Waals surface area contributed by atoms with Crippen molar-refractivity contribution in [2.75, 3.05) is 5.32 Å². The van der Waals surface area contributed by atoms with E-state index in [0.717, 1.165) is 11.9 Å². The summed E-state index contributed by atoms with van der Waals surface area (Å²) in [5.74, 6) is -0.629. The number of anilines is 1. The molecule has 0 saturated carbocycles. The van der Waals surface area contributed by atoms with Gasteiger partial charge in [-0.05, 0) is 24.6 Å². The zero-order valence-electron chi connectivity index (χ0n) is 10.9. The Hall–Kier alpha value is -1.56. The highest BCUT2D eigenvalue weighted by Crippen LogP contribution is 2.23. The Labute approximate surface area is 114 Å². The third-order valence-electron chi connectivity index (χ3n) is 2.74. The molecule has 1 N–H and O–H groups in total. The molecule has 19 heavy (non-hydrogen) atoms. The molecular weight excluding hydrogens is 268 g/mol. The first-order valence-electron chi connectivity index (χ1n) is 6.02. The van der Waals surface area contributed by atoms with Gasteiger partial charge >= 0.3 is 0 Å². The van der Waals surface area contributed by atoms with Crippen LogP contribution in [0.3, 0.4) is 0 Å². The lowest BCUT2D eigenvalue weighted by Crippen LogP contribution is -2.07. The van der Waals surface area contributed by atoms with E-state index >= 15 is 0 Å². The molecule has 2 rings (SSSR count). The summed E-state index contributed by atoms with van der Waals surface area (Å²) in [4.78, 5) is 4.34. The Morgan fingerprint density at radius 1 is 1.16 bits per heavy atom. The minimum absolute atomic E-state index is 0.164. The lowest BCUT2D eigenvalue weighted by atomic mass is 10.1. The van der Waals surface area contributed by atoms with Gasteiger partial charge in [-0.3, -0.25) is 0 Å². The van der Waals surface area contributed by atoms with Crippen LogP contribution < -0.4 is 5.32 Å². The Bertz CT molecular complexity index is 569. The van der Waals surface area contributed by atoms with Crippen molar-refractivity contribution in [1.29, 1.82) is 0 Å². The molecule has 2 aromatic rings. The molecule has 3 nitrogen and oxygen atoms in total. The normalized spacial score (nSPS) is 12.7. The highest BCUT2D eigenvalue weighted by atomic mass is 32.1. The second-order valence-electron chi connectivity index (χ2n) is 4.65. The van der Waals surface area contributed by atoms with Gasteiger partial charge in [-0.25, -0.2) is 13.8 Å². The summed E-state index contributed by atoms with van der Waals surface area (Å²) in [6, 6.07) is 3.71. The first kappa shape index (κ1) is 13.9. The smallest absolute Gasteiger partial charge is 0.203 e. The molecule has 1 aromatic heterocycles. The van der Waals surface area contributed by atoms with Crippen molar-refractivity contribution < 1.29 is 8.78 Å². The van der Waals surface area contributed by atoms with E-state index in [1.807, 2.05) is 20.8 Å². The monoisotopic (exact) mass is 283 g/mol. The molecule has 0 amide bonds. The number of nitrogens with zero attached hydrogens (tertiary/aromatic N) is 2. The Kier molecular flexibility index (Phi) is 4.09. The fourth-order valence-corrected chi connectivity index (χ4v) is 2.37. The summed E-state index contributed by atoms with van der Waals surface area (Å²) in [7, 11) is 0. The lowest BCUT2D eigenvalue weighted by molar-refractivity contribution is 0.506. The van der Waals surface area contributed by atoms with Crippen molar-refractivity contribution >= 4 is 16.7 Å². The predicted molar refractivity (Wildman–Crippen MR) is 72.4 cm³/mol. The minimum Gasteiger partial charge on any atom is -0.354 e. The third-order valence-corrected chi connectivity index (χ3v) is 3.40. The molecule has 102 valence electrons. The van der Waals surface area contributed by atoms with Gasteiger partial charge < -0.3 is 5.32 Å². The van der Waals surface area contributed by atoms with Gasteiger partial charge in [0.2, 0.25) is 5.13 Å². The van der Waals surface area contributed by atoms with Crippen molar-refractivity contribution in [3.63, 3.8) is 0 Å². The second kappa shape index (κ2) is 5.61. The summed E-state index contributed by atoms with van der Waals surface area (Å²) < 4.78 is 30.3. The highest BCUT2D eigenvalue weighted by molar-refractivity contribution is 7.09. The van der Waals surface area contributed by atoms with E-state index in [2.05, 4.69) is 14.7 Å². The van der Waals surface area contributed by atoms with Crippen molar-refractivity contribution in [2.24, 2.45) is 0 Å². The zero-order valence-corrected chi connectivity index (χ0v) is 11.8. The Balaban J connectivity index is 2.11. The summed E-state index contributed by atoms with van der Waals surface area (Å²) in [6.07, 6.45) is 0. The number of hydrogen-bond acceptors (Lipinski definition) is 4. The maximum absolute atomic E-state index is 13.2. The fraction of sp³-hybridized carbons (Fsp3) is 0.385. The molecule has 6 heteroatoms. The molecule has 0 aliphatic heterocycles. The van der Waals surface area contributed by atoms with E-state index in [9.17, 15) is 8.78 Å². The zero-order chi connectivity index (χ0) is 14.0. The van der Waals surface area contributed by atoms with Crippen LogP contribution in [-0.2, 0) is 0 Å². The molecule has 0 saturated heterocycles. The van der Waals surface area contributed by atoms with Crippen LogP contribution in [0.1, 0.15) is 44.1 Å². The van der Waals surface area contributed by atoms with Crippen LogP contribution in [0.15, 0.2) is 18.2 Å². The first-order valence-corrected chi connectivity index (χ1v) is 6.79. The van der Waals surface area contributed by atoms with Gasteiger partial charge in [-0.15, -0.1) is 0 Å². The SMILES string of the molecule is CC(C)c1nsc(NC(C)c2ccc(F)c(F)c2)n1. The second-order valence-corrected chi connectivity index (χ2v) is 5.40. The molecule has 1 heterocycles. The van der Waals surface area contributed by atoms with E-state index in [1.165, 1.54) is 17.6 Å². The number of aromatic nitrogens is 2. The van der Waals surface area contributed by atoms with Gasteiger partial charge in [0.05, 0.1) is 6.04 Å². The number of halogens is 2. The maximum Gasteiger partial charge on any atom is 0.203 e. The van der Waals surface area contributed by atoms with Gasteiger partial charge in [0.25, 0.3) is 0 Å². The quantitative estimate of drug-likeness (QED) is 0.917. The van der Waals surface area contributed by atoms with Gasteiger partial charge in [-0.2, -0.15) is 4.37 Å². The van der Waals surface area contributed by atoms with Crippen LogP contribution in [-0.4, -0.2) is 9.36 Å². The average Bonchev–Trinajstić information content (AvgIpc) is 2.81. The van der Waals surface area contributed by atoms with E-state index in [-0.39, 0.29) is 12.0 Å². The van der Waals surface area contributed by atoms with E-state index in [4.69, 9.17) is 0 Å². The van der Waals surface area contributed by atoms with Crippen LogP contribution in [0, 0.1) is 11.6 Å². The molecular formula is C13H15F2N3S. The van der Waals surface area contributed by atoms with Crippen LogP contribution >= 0.6 is 11.5 Å². The van der Waals surface area contributed by atoms with Crippen LogP contribution in [0.25, 0.3) is 0 Å². The van der Waals surface area contributed by atoms with Crippen molar-refractivity contribution in [3.8, 4) is 0 Å². The number of nitrogens with one attached hydrogen (secondary N) is 1. The number of benzene rings is 1. The molecule has 1 atom stereocenters. The molecule has 0 bridgehead atoms. The van der Waals surface area contributed by atoms with Gasteiger partial charge in [0.1, 0.15) is 5.82 Å². The average molecular weight is 283 g/mol. The molecule has 0 radical (unpaired) electrons. The first-order chi connectivity index (χ1) is 8.97. The number of rotatable bonds is 4. The summed E-state index contributed by atoms with van der Waals surface area (Å²) in [5, 5.41) is 3.82. The molecule has 0 aliphatic rings. The predicted octanol–water partition coefficient (Wildman–Crippen LogP) is 4.11. The number of hydrogen-bond donors (Lipinski definition) is 1. The van der Waals surface area contributed by atoms with E-state index in [1.54, 1.807) is 6.07 Å². The molecule has 0 fully saturated rings. The van der Waals surface area contributed by atoms with Crippen LogP contribution in [0.5, 0.6) is 0 Å². The lowest BCUT2D eigenvalue weighted by Gasteiger charge is -2.13. The third kappa shape index (κ3) is 3.26. The molecule has 0 aliphatic carbocycles. The van der Waals surface area contributed by atoms with Crippen molar-refractivity contribution in [1.82, 2.24) is 9.36 Å². The standard InChI is InChI=1S/C13H15F2N3S/c1-7(2)12-17-13(19-18-12)16-8(3)9-4-5-10(14)11(15)6-9/h4-8H,1-3H3,(H,16,17,18). The van der Waals surface area contributed by atoms with E-state index in [0.29, 0.717) is 10.7 Å². The van der Waals surface area contributed by atoms with Gasteiger partial charge in [-0.1, -0.05) is 19.9 Å². The summed E-state index contributed by atoms with van der Waals surface area (Å²) >= 11 is 1.27. The maximum atomic E-state index is 13.2. The van der Waals surface area contributed by atoms with Crippen LogP contribution in [0.4, 0.5) is 13.9 Å². The van der Waals surface area contributed by atoms with Gasteiger partial charge in [0.15, 0.2) is 11.6 Å². The Morgan fingerprint density at radius 3 is 2.47 bits per heavy atom. The fourth-order valence-electron chi connectivity index (χ4n) is 1.58. The molecule has 1 aromatic carbocycles. The van der Waals surface area contributed by atoms with E-state index < -0.39 is 11.6 Å². The topological polar surface area (TPSA) is 37.8 Å². The molecule has 0 spiro atoms. The van der Waals surface area contributed by atoms with Gasteiger partial charge in [0, 0.05) is 17.5 Å². The highest BCUT2D eigenvalue weighted by Gasteiger charge is 2.12. The molecule has 1 unspecified atom stereocenters. The van der Waals surface area contributed by atoms with Crippen molar-refractivity contribution in [3.05, 3.63) is 41.2 Å². The van der Waals surface area contributed by atoms with Crippen molar-refractivity contribution in [2.45, 2.75) is 32.7 Å². The summed E-state index contributed by atoms with van der Waals surface area (Å²) in [6.45, 7) is 5.90. The van der Waals surface area contributed by atoms with Crippen LogP contribution in [0.2, 0.25) is 0 Å². The minimum atomic E-state index is -0.841. The summed E-state index contributed by atoms with van der Waals surface area (Å²) in [5.41, 5.74) is 0.667. The Morgan fingerprint density at radius 2 is 1.89 bits per heavy atom. The largest absolute Gasteiger partial charge is 0.354 e.